The van der Waals surface area contributed by atoms with Crippen molar-refractivity contribution in [3.05, 3.63) is 36.3 Å². The van der Waals surface area contributed by atoms with Gasteiger partial charge >= 0.3 is 0 Å². The lowest BCUT2D eigenvalue weighted by Gasteiger charge is -1.97. The summed E-state index contributed by atoms with van der Waals surface area (Å²) >= 11 is 0. The van der Waals surface area contributed by atoms with Crippen LogP contribution in [-0.2, 0) is 0 Å². The van der Waals surface area contributed by atoms with E-state index in [4.69, 9.17) is 5.11 Å². The summed E-state index contributed by atoms with van der Waals surface area (Å²) in [5, 5.41) is 9.64. The van der Waals surface area contributed by atoms with Crippen LogP contribution in [0.25, 0.3) is 10.9 Å². The molecule has 0 fully saturated rings. The molecule has 0 radical (unpaired) electrons. The van der Waals surface area contributed by atoms with Crippen molar-refractivity contribution >= 4 is 10.9 Å². The van der Waals surface area contributed by atoms with Gasteiger partial charge in [0.2, 0.25) is 0 Å². The highest BCUT2D eigenvalue weighted by Crippen LogP contribution is 2.18. The zero-order valence-corrected chi connectivity index (χ0v) is 6.16. The molecule has 0 bridgehead atoms. The quantitative estimate of drug-likeness (QED) is 0.645. The molecule has 60 valence electrons. The molecule has 2 rings (SSSR count). The molecule has 1 N–H and O–H groups in total. The number of fused-ring (bicyclic) bond motifs is 1. The molecule has 3 heteroatoms. The van der Waals surface area contributed by atoms with E-state index in [2.05, 4.69) is 4.98 Å². The normalized spacial score (nSPS) is 10.4. The van der Waals surface area contributed by atoms with Crippen LogP contribution in [0, 0.1) is 5.82 Å². The maximum absolute atomic E-state index is 13.0. The van der Waals surface area contributed by atoms with Crippen molar-refractivity contribution < 1.29 is 9.50 Å². The first-order valence-electron chi connectivity index (χ1n) is 3.50. The number of pyridine rings is 1. The summed E-state index contributed by atoms with van der Waals surface area (Å²) in [4.78, 5) is 3.76. The standard InChI is InChI=1S/C9H6FNO/c10-8-3-1-2-6-4-7(12)5-11-9(6)8/h1-5,12H. The molecule has 1 aromatic heterocycles. The molecule has 0 amide bonds. The molecule has 0 aliphatic carbocycles. The van der Waals surface area contributed by atoms with Gasteiger partial charge < -0.3 is 5.11 Å². The Hall–Kier alpha value is -1.64. The molecule has 0 unspecified atom stereocenters. The number of aromatic hydroxyl groups is 1. The number of halogens is 1. The second kappa shape index (κ2) is 2.44. The maximum Gasteiger partial charge on any atom is 0.149 e. The summed E-state index contributed by atoms with van der Waals surface area (Å²) in [6, 6.07) is 6.10. The molecule has 1 aromatic carbocycles. The zero-order chi connectivity index (χ0) is 8.55. The fourth-order valence-corrected chi connectivity index (χ4v) is 1.11. The Morgan fingerprint density at radius 3 is 3.00 bits per heavy atom. The van der Waals surface area contributed by atoms with Crippen molar-refractivity contribution in [2.75, 3.05) is 0 Å². The van der Waals surface area contributed by atoms with Crippen molar-refractivity contribution in [2.45, 2.75) is 0 Å². The Balaban J connectivity index is 2.86. The van der Waals surface area contributed by atoms with Gasteiger partial charge in [-0.15, -0.1) is 0 Å². The molecule has 0 saturated carbocycles. The third-order valence-corrected chi connectivity index (χ3v) is 1.65. The van der Waals surface area contributed by atoms with Crippen molar-refractivity contribution in [1.29, 1.82) is 0 Å². The molecule has 0 aliphatic rings. The van der Waals surface area contributed by atoms with Gasteiger partial charge in [0.25, 0.3) is 0 Å². The molecular formula is C9H6FNO. The van der Waals surface area contributed by atoms with Crippen LogP contribution in [0.5, 0.6) is 5.75 Å². The Labute approximate surface area is 68.3 Å². The largest absolute Gasteiger partial charge is 0.506 e. The lowest BCUT2D eigenvalue weighted by atomic mass is 10.2. The summed E-state index contributed by atoms with van der Waals surface area (Å²) in [6.45, 7) is 0. The van der Waals surface area contributed by atoms with Crippen LogP contribution < -0.4 is 0 Å². The lowest BCUT2D eigenvalue weighted by Crippen LogP contribution is -1.82. The van der Waals surface area contributed by atoms with Gasteiger partial charge in [-0.25, -0.2) is 9.37 Å². The minimum Gasteiger partial charge on any atom is -0.506 e. The number of nitrogens with zero attached hydrogens (tertiary/aromatic N) is 1. The van der Waals surface area contributed by atoms with E-state index in [1.165, 1.54) is 18.3 Å². The van der Waals surface area contributed by atoms with Crippen LogP contribution in [-0.4, -0.2) is 10.1 Å². The van der Waals surface area contributed by atoms with Crippen molar-refractivity contribution in [3.8, 4) is 5.75 Å². The molecule has 0 saturated heterocycles. The number of para-hydroxylation sites is 1. The van der Waals surface area contributed by atoms with Gasteiger partial charge in [0.15, 0.2) is 0 Å². The number of rotatable bonds is 0. The van der Waals surface area contributed by atoms with Crippen LogP contribution in [0.2, 0.25) is 0 Å². The van der Waals surface area contributed by atoms with Crippen molar-refractivity contribution in [2.24, 2.45) is 0 Å². The molecule has 12 heavy (non-hydrogen) atoms. The first-order chi connectivity index (χ1) is 5.77. The second-order valence-electron chi connectivity index (χ2n) is 2.51. The van der Waals surface area contributed by atoms with E-state index in [1.807, 2.05) is 0 Å². The highest BCUT2D eigenvalue weighted by molar-refractivity contribution is 5.79. The highest BCUT2D eigenvalue weighted by Gasteiger charge is 2.00. The smallest absolute Gasteiger partial charge is 0.149 e. The predicted octanol–water partition coefficient (Wildman–Crippen LogP) is 2.08. The minimum absolute atomic E-state index is 0.0492. The molecule has 0 aliphatic heterocycles. The monoisotopic (exact) mass is 163 g/mol. The fraction of sp³-hybridized carbons (Fsp3) is 0. The first kappa shape index (κ1) is 7.03. The highest BCUT2D eigenvalue weighted by atomic mass is 19.1. The van der Waals surface area contributed by atoms with Gasteiger partial charge in [0.05, 0.1) is 6.20 Å². The molecule has 1 heterocycles. The summed E-state index contributed by atoms with van der Waals surface area (Å²) in [6.07, 6.45) is 1.23. The molecule has 0 atom stereocenters. The fourth-order valence-electron chi connectivity index (χ4n) is 1.11. The van der Waals surface area contributed by atoms with Gasteiger partial charge in [-0.2, -0.15) is 0 Å². The summed E-state index contributed by atoms with van der Waals surface area (Å²) in [5.74, 6) is -0.319. The number of hydrogen-bond donors (Lipinski definition) is 1. The zero-order valence-electron chi connectivity index (χ0n) is 6.16. The van der Waals surface area contributed by atoms with E-state index < -0.39 is 0 Å². The molecule has 0 spiro atoms. The Morgan fingerprint density at radius 2 is 2.17 bits per heavy atom. The maximum atomic E-state index is 13.0. The summed E-state index contributed by atoms with van der Waals surface area (Å²) in [5.41, 5.74) is 0.287. The Bertz CT molecular complexity index is 428. The summed E-state index contributed by atoms with van der Waals surface area (Å²) in [7, 11) is 0. The topological polar surface area (TPSA) is 33.1 Å². The van der Waals surface area contributed by atoms with Gasteiger partial charge in [-0.05, 0) is 12.1 Å². The van der Waals surface area contributed by atoms with Crippen LogP contribution in [0.3, 0.4) is 0 Å². The van der Waals surface area contributed by atoms with Gasteiger partial charge in [-0.1, -0.05) is 12.1 Å². The molecular weight excluding hydrogens is 157 g/mol. The third-order valence-electron chi connectivity index (χ3n) is 1.65. The van der Waals surface area contributed by atoms with Crippen LogP contribution in [0.4, 0.5) is 4.39 Å². The predicted molar refractivity (Wildman–Crippen MR) is 43.4 cm³/mol. The molecule has 2 aromatic rings. The second-order valence-corrected chi connectivity index (χ2v) is 2.51. The number of hydrogen-bond acceptors (Lipinski definition) is 2. The Kier molecular flexibility index (Phi) is 1.43. The van der Waals surface area contributed by atoms with E-state index in [9.17, 15) is 4.39 Å². The van der Waals surface area contributed by atoms with E-state index in [0.29, 0.717) is 5.39 Å². The summed E-state index contributed by atoms with van der Waals surface area (Å²) < 4.78 is 13.0. The van der Waals surface area contributed by atoms with Gasteiger partial charge in [0.1, 0.15) is 17.1 Å². The van der Waals surface area contributed by atoms with Crippen LogP contribution in [0.1, 0.15) is 0 Å². The van der Waals surface area contributed by atoms with Gasteiger partial charge in [0, 0.05) is 5.39 Å². The van der Waals surface area contributed by atoms with E-state index in [-0.39, 0.29) is 17.1 Å². The van der Waals surface area contributed by atoms with E-state index >= 15 is 0 Å². The SMILES string of the molecule is Oc1cnc2c(F)cccc2c1. The van der Waals surface area contributed by atoms with Gasteiger partial charge in [-0.3, -0.25) is 0 Å². The number of benzene rings is 1. The van der Waals surface area contributed by atoms with E-state index in [1.54, 1.807) is 12.1 Å². The Morgan fingerprint density at radius 1 is 1.33 bits per heavy atom. The van der Waals surface area contributed by atoms with Crippen LogP contribution in [0.15, 0.2) is 30.5 Å². The minimum atomic E-state index is -0.368. The average molecular weight is 163 g/mol. The third kappa shape index (κ3) is 0.993. The lowest BCUT2D eigenvalue weighted by molar-refractivity contribution is 0.473. The average Bonchev–Trinajstić information content (AvgIpc) is 2.04. The van der Waals surface area contributed by atoms with Crippen LogP contribution >= 0.6 is 0 Å². The first-order valence-corrected chi connectivity index (χ1v) is 3.50. The van der Waals surface area contributed by atoms with Crippen molar-refractivity contribution in [3.63, 3.8) is 0 Å². The molecule has 2 nitrogen and oxygen atoms in total. The van der Waals surface area contributed by atoms with E-state index in [0.717, 1.165) is 0 Å². The van der Waals surface area contributed by atoms with Crippen molar-refractivity contribution in [1.82, 2.24) is 4.98 Å². The number of aromatic nitrogens is 1.